The van der Waals surface area contributed by atoms with Crippen molar-refractivity contribution < 1.29 is 17.9 Å². The largest absolute Gasteiger partial charge is 0.486 e. The molecule has 3 rings (SSSR count). The zero-order chi connectivity index (χ0) is 17.2. The van der Waals surface area contributed by atoms with E-state index >= 15 is 0 Å². The van der Waals surface area contributed by atoms with Crippen molar-refractivity contribution in [1.82, 2.24) is 4.31 Å². The molecule has 1 aliphatic heterocycles. The lowest BCUT2D eigenvalue weighted by Crippen LogP contribution is -2.43. The smallest absolute Gasteiger partial charge is 0.243 e. The Labute approximate surface area is 150 Å². The van der Waals surface area contributed by atoms with Gasteiger partial charge >= 0.3 is 0 Å². The van der Waals surface area contributed by atoms with Gasteiger partial charge in [0.05, 0.1) is 11.4 Å². The van der Waals surface area contributed by atoms with Crippen molar-refractivity contribution >= 4 is 26.0 Å². The number of rotatable bonds is 5. The quantitative estimate of drug-likeness (QED) is 0.757. The minimum atomic E-state index is -3.57. The van der Waals surface area contributed by atoms with Crippen LogP contribution in [0.2, 0.25) is 0 Å². The first kappa shape index (κ1) is 17.3. The molecule has 128 valence electrons. The second-order valence-electron chi connectivity index (χ2n) is 5.41. The van der Waals surface area contributed by atoms with E-state index in [4.69, 9.17) is 9.47 Å². The molecule has 0 N–H and O–H groups in total. The van der Waals surface area contributed by atoms with Crippen molar-refractivity contribution in [3.05, 3.63) is 53.0 Å². The number of para-hydroxylation sites is 2. The van der Waals surface area contributed by atoms with E-state index in [2.05, 4.69) is 15.9 Å². The lowest BCUT2D eigenvalue weighted by atomic mass is 10.2. The van der Waals surface area contributed by atoms with Crippen LogP contribution >= 0.6 is 15.9 Å². The third kappa shape index (κ3) is 3.58. The van der Waals surface area contributed by atoms with Crippen molar-refractivity contribution in [2.45, 2.75) is 17.9 Å². The van der Waals surface area contributed by atoms with Crippen LogP contribution in [0.5, 0.6) is 11.5 Å². The molecule has 1 atom stereocenters. The number of halogens is 1. The molecule has 0 bridgehead atoms. The SMILES string of the molecule is CCN(CC1COc2ccccc2O1)S(=O)(=O)c1ccc(Br)cc1. The van der Waals surface area contributed by atoms with Crippen molar-refractivity contribution in [3.63, 3.8) is 0 Å². The molecule has 0 aliphatic carbocycles. The highest BCUT2D eigenvalue weighted by Crippen LogP contribution is 2.31. The van der Waals surface area contributed by atoms with E-state index in [-0.39, 0.29) is 17.5 Å². The second-order valence-corrected chi connectivity index (χ2v) is 8.26. The van der Waals surface area contributed by atoms with Crippen LogP contribution < -0.4 is 9.47 Å². The Morgan fingerprint density at radius 2 is 1.79 bits per heavy atom. The fourth-order valence-corrected chi connectivity index (χ4v) is 4.28. The summed E-state index contributed by atoms with van der Waals surface area (Å²) in [5.41, 5.74) is 0. The van der Waals surface area contributed by atoms with E-state index in [1.54, 1.807) is 24.3 Å². The Kier molecular flexibility index (Phi) is 5.12. The third-order valence-electron chi connectivity index (χ3n) is 3.78. The molecule has 0 saturated heterocycles. The zero-order valence-corrected chi connectivity index (χ0v) is 15.6. The van der Waals surface area contributed by atoms with Crippen LogP contribution in [0.3, 0.4) is 0 Å². The van der Waals surface area contributed by atoms with Crippen LogP contribution in [0.15, 0.2) is 57.9 Å². The second kappa shape index (κ2) is 7.13. The summed E-state index contributed by atoms with van der Waals surface area (Å²) in [6.45, 7) is 2.74. The highest BCUT2D eigenvalue weighted by atomic mass is 79.9. The molecule has 5 nitrogen and oxygen atoms in total. The van der Waals surface area contributed by atoms with Crippen molar-refractivity contribution in [2.75, 3.05) is 19.7 Å². The average Bonchev–Trinajstić information content (AvgIpc) is 2.59. The van der Waals surface area contributed by atoms with Crippen LogP contribution in [0.1, 0.15) is 6.92 Å². The number of hydrogen-bond acceptors (Lipinski definition) is 4. The number of fused-ring (bicyclic) bond motifs is 1. The first-order valence-electron chi connectivity index (χ1n) is 7.65. The van der Waals surface area contributed by atoms with Crippen LogP contribution in [0.4, 0.5) is 0 Å². The molecule has 0 fully saturated rings. The fourth-order valence-electron chi connectivity index (χ4n) is 2.53. The normalized spacial score (nSPS) is 17.0. The maximum Gasteiger partial charge on any atom is 0.243 e. The summed E-state index contributed by atoms with van der Waals surface area (Å²) in [7, 11) is -3.57. The Morgan fingerprint density at radius 3 is 2.46 bits per heavy atom. The maximum absolute atomic E-state index is 12.8. The van der Waals surface area contributed by atoms with Gasteiger partial charge in [-0.3, -0.25) is 0 Å². The van der Waals surface area contributed by atoms with Crippen LogP contribution in [0, 0.1) is 0 Å². The molecular formula is C17H18BrNO4S. The van der Waals surface area contributed by atoms with E-state index in [9.17, 15) is 8.42 Å². The molecule has 0 spiro atoms. The molecule has 24 heavy (non-hydrogen) atoms. The number of hydrogen-bond donors (Lipinski definition) is 0. The van der Waals surface area contributed by atoms with Gasteiger partial charge in [0.25, 0.3) is 0 Å². The molecule has 7 heteroatoms. The predicted molar refractivity (Wildman–Crippen MR) is 94.9 cm³/mol. The standard InChI is InChI=1S/C17H18BrNO4S/c1-2-19(24(20,21)15-9-7-13(18)8-10-15)11-14-12-22-16-5-3-4-6-17(16)23-14/h3-10,14H,2,11-12H2,1H3. The van der Waals surface area contributed by atoms with Crippen molar-refractivity contribution in [1.29, 1.82) is 0 Å². The fraction of sp³-hybridized carbons (Fsp3) is 0.294. The van der Waals surface area contributed by atoms with Gasteiger partial charge in [-0.2, -0.15) is 4.31 Å². The first-order chi connectivity index (χ1) is 11.5. The molecular weight excluding hydrogens is 394 g/mol. The number of benzene rings is 2. The monoisotopic (exact) mass is 411 g/mol. The topological polar surface area (TPSA) is 55.8 Å². The minimum absolute atomic E-state index is 0.239. The van der Waals surface area contributed by atoms with E-state index < -0.39 is 10.0 Å². The summed E-state index contributed by atoms with van der Waals surface area (Å²) >= 11 is 3.32. The highest BCUT2D eigenvalue weighted by Gasteiger charge is 2.29. The Morgan fingerprint density at radius 1 is 1.12 bits per heavy atom. The van der Waals surface area contributed by atoms with Gasteiger partial charge in [-0.1, -0.05) is 35.0 Å². The molecule has 0 aromatic heterocycles. The third-order valence-corrected chi connectivity index (χ3v) is 6.26. The van der Waals surface area contributed by atoms with Gasteiger partial charge in [0, 0.05) is 11.0 Å². The van der Waals surface area contributed by atoms with E-state index in [1.165, 1.54) is 4.31 Å². The molecule has 2 aromatic carbocycles. The van der Waals surface area contributed by atoms with Gasteiger partial charge < -0.3 is 9.47 Å². The van der Waals surface area contributed by atoms with Gasteiger partial charge in [-0.15, -0.1) is 0 Å². The lowest BCUT2D eigenvalue weighted by Gasteiger charge is -2.30. The van der Waals surface area contributed by atoms with Crippen LogP contribution in [-0.2, 0) is 10.0 Å². The lowest BCUT2D eigenvalue weighted by molar-refractivity contribution is 0.0771. The van der Waals surface area contributed by atoms with Crippen LogP contribution in [0.25, 0.3) is 0 Å². The summed E-state index contributed by atoms with van der Waals surface area (Å²) in [4.78, 5) is 0.268. The summed E-state index contributed by atoms with van der Waals surface area (Å²) in [5, 5.41) is 0. The Balaban J connectivity index is 1.76. The summed E-state index contributed by atoms with van der Waals surface area (Å²) in [5.74, 6) is 1.33. The van der Waals surface area contributed by atoms with Crippen molar-refractivity contribution in [3.8, 4) is 11.5 Å². The number of nitrogens with zero attached hydrogens (tertiary/aromatic N) is 1. The summed E-state index contributed by atoms with van der Waals surface area (Å²) in [6, 6.07) is 14.0. The van der Waals surface area contributed by atoms with Gasteiger partial charge in [-0.25, -0.2) is 8.42 Å². The van der Waals surface area contributed by atoms with Gasteiger partial charge in [-0.05, 0) is 36.4 Å². The summed E-state index contributed by atoms with van der Waals surface area (Å²) < 4.78 is 39.4. The molecule has 1 aliphatic rings. The maximum atomic E-state index is 12.8. The zero-order valence-electron chi connectivity index (χ0n) is 13.2. The molecule has 1 heterocycles. The van der Waals surface area contributed by atoms with E-state index in [1.807, 2.05) is 31.2 Å². The number of ether oxygens (including phenoxy) is 2. The van der Waals surface area contributed by atoms with Crippen LogP contribution in [-0.4, -0.2) is 38.5 Å². The van der Waals surface area contributed by atoms with Gasteiger partial charge in [0.2, 0.25) is 10.0 Å². The minimum Gasteiger partial charge on any atom is -0.486 e. The molecule has 2 aromatic rings. The average molecular weight is 412 g/mol. The number of sulfonamides is 1. The van der Waals surface area contributed by atoms with Crippen molar-refractivity contribution in [2.24, 2.45) is 0 Å². The van der Waals surface area contributed by atoms with Gasteiger partial charge in [0.1, 0.15) is 12.7 Å². The molecule has 0 amide bonds. The predicted octanol–water partition coefficient (Wildman–Crippen LogP) is 3.30. The first-order valence-corrected chi connectivity index (χ1v) is 9.88. The van der Waals surface area contributed by atoms with Gasteiger partial charge in [0.15, 0.2) is 11.5 Å². The summed E-state index contributed by atoms with van der Waals surface area (Å²) in [6.07, 6.45) is -0.343. The van der Waals surface area contributed by atoms with E-state index in [0.29, 0.717) is 24.7 Å². The molecule has 0 radical (unpaired) electrons. The molecule has 0 saturated carbocycles. The van der Waals surface area contributed by atoms with E-state index in [0.717, 1.165) is 4.47 Å². The highest BCUT2D eigenvalue weighted by molar-refractivity contribution is 9.10. The Hall–Kier alpha value is -1.57. The number of likely N-dealkylation sites (N-methyl/N-ethyl adjacent to an activating group) is 1. The molecule has 1 unspecified atom stereocenters. The Bertz CT molecular complexity index is 808.